The fourth-order valence-corrected chi connectivity index (χ4v) is 5.24. The van der Waals surface area contributed by atoms with Gasteiger partial charge in [-0.15, -0.1) is 0 Å². The number of rotatable bonds is 10. The minimum absolute atomic E-state index is 0.00695. The lowest BCUT2D eigenvalue weighted by Gasteiger charge is -2.39. The van der Waals surface area contributed by atoms with Gasteiger partial charge in [0.25, 0.3) is 0 Å². The van der Waals surface area contributed by atoms with E-state index in [-0.39, 0.29) is 17.9 Å². The molecule has 0 aliphatic carbocycles. The molecule has 1 fully saturated rings. The number of nitrogens with zero attached hydrogens (tertiary/aromatic N) is 2. The number of hydrogen-bond donors (Lipinski definition) is 1. The van der Waals surface area contributed by atoms with E-state index in [9.17, 15) is 4.79 Å². The largest absolute Gasteiger partial charge is 0.497 e. The first-order chi connectivity index (χ1) is 18.7. The van der Waals surface area contributed by atoms with E-state index in [1.165, 1.54) is 5.69 Å². The van der Waals surface area contributed by atoms with Gasteiger partial charge in [0.15, 0.2) is 0 Å². The topological polar surface area (TPSA) is 58.0 Å². The zero-order valence-electron chi connectivity index (χ0n) is 21.8. The summed E-state index contributed by atoms with van der Waals surface area (Å²) in [5.74, 6) is 1.79. The second-order valence-corrected chi connectivity index (χ2v) is 9.63. The van der Waals surface area contributed by atoms with Crippen molar-refractivity contribution in [3.8, 4) is 5.75 Å². The number of furan rings is 1. The van der Waals surface area contributed by atoms with Gasteiger partial charge < -0.3 is 19.4 Å². The molecule has 4 aromatic rings. The summed E-state index contributed by atoms with van der Waals surface area (Å²) in [4.78, 5) is 18.1. The zero-order chi connectivity index (χ0) is 26.2. The summed E-state index contributed by atoms with van der Waals surface area (Å²) in [6, 6.07) is 32.6. The molecule has 1 N–H and O–H groups in total. The zero-order valence-corrected chi connectivity index (χ0v) is 21.8. The normalized spacial score (nSPS) is 14.8. The Balaban J connectivity index is 1.23. The highest BCUT2D eigenvalue weighted by molar-refractivity contribution is 5.77. The highest BCUT2D eigenvalue weighted by Crippen LogP contribution is 2.29. The lowest BCUT2D eigenvalue weighted by molar-refractivity contribution is -0.121. The molecule has 1 aliphatic rings. The summed E-state index contributed by atoms with van der Waals surface area (Å²) in [5, 5.41) is 3.23. The molecule has 5 rings (SSSR count). The molecule has 38 heavy (non-hydrogen) atoms. The monoisotopic (exact) mass is 509 g/mol. The first kappa shape index (κ1) is 25.6. The molecule has 3 aromatic carbocycles. The number of carbonyl (C=O) groups is 1. The summed E-state index contributed by atoms with van der Waals surface area (Å²) in [6.07, 6.45) is 2.10. The second-order valence-electron chi connectivity index (χ2n) is 9.63. The van der Waals surface area contributed by atoms with Crippen molar-refractivity contribution in [3.05, 3.63) is 120 Å². The van der Waals surface area contributed by atoms with Crippen LogP contribution < -0.4 is 15.0 Å². The molecule has 2 heterocycles. The second kappa shape index (κ2) is 12.5. The molecule has 1 unspecified atom stereocenters. The average Bonchev–Trinajstić information content (AvgIpc) is 3.52. The maximum atomic E-state index is 13.3. The Labute approximate surface area is 224 Å². The Morgan fingerprint density at radius 2 is 1.47 bits per heavy atom. The van der Waals surface area contributed by atoms with Crippen LogP contribution in [0.25, 0.3) is 0 Å². The van der Waals surface area contributed by atoms with Gasteiger partial charge in [0, 0.05) is 50.7 Å². The Morgan fingerprint density at radius 3 is 2.03 bits per heavy atom. The summed E-state index contributed by atoms with van der Waals surface area (Å²) in [5.41, 5.74) is 3.48. The van der Waals surface area contributed by atoms with Gasteiger partial charge in [-0.1, -0.05) is 60.7 Å². The third-order valence-electron chi connectivity index (χ3n) is 7.35. The number of carbonyl (C=O) groups excluding carboxylic acids is 1. The third-order valence-corrected chi connectivity index (χ3v) is 7.35. The predicted octanol–water partition coefficient (Wildman–Crippen LogP) is 5.49. The molecule has 0 bridgehead atoms. The van der Waals surface area contributed by atoms with Crippen molar-refractivity contribution < 1.29 is 13.9 Å². The van der Waals surface area contributed by atoms with Crippen LogP contribution in [-0.4, -0.2) is 50.6 Å². The molecule has 1 aliphatic heterocycles. The van der Waals surface area contributed by atoms with Gasteiger partial charge in [0.1, 0.15) is 11.5 Å². The van der Waals surface area contributed by atoms with Crippen LogP contribution in [0.15, 0.2) is 108 Å². The quantitative estimate of drug-likeness (QED) is 0.306. The van der Waals surface area contributed by atoms with E-state index in [0.717, 1.165) is 48.8 Å². The van der Waals surface area contributed by atoms with Gasteiger partial charge in [0.2, 0.25) is 5.91 Å². The Hall–Kier alpha value is -4.03. The Bertz CT molecular complexity index is 1210. The predicted molar refractivity (Wildman–Crippen MR) is 151 cm³/mol. The fourth-order valence-electron chi connectivity index (χ4n) is 5.24. The molecule has 1 saturated heterocycles. The van der Waals surface area contributed by atoms with Crippen molar-refractivity contribution in [3.63, 3.8) is 0 Å². The lowest BCUT2D eigenvalue weighted by atomic mass is 9.88. The highest BCUT2D eigenvalue weighted by Gasteiger charge is 2.28. The molecular formula is C32H35N3O3. The van der Waals surface area contributed by atoms with Crippen molar-refractivity contribution in [2.45, 2.75) is 18.4 Å². The first-order valence-electron chi connectivity index (χ1n) is 13.2. The number of piperazine rings is 1. The van der Waals surface area contributed by atoms with Gasteiger partial charge >= 0.3 is 0 Å². The molecule has 0 saturated carbocycles. The van der Waals surface area contributed by atoms with E-state index in [1.54, 1.807) is 13.4 Å². The number of anilines is 1. The summed E-state index contributed by atoms with van der Waals surface area (Å²) in [6.45, 7) is 4.07. The van der Waals surface area contributed by atoms with Crippen LogP contribution in [0.2, 0.25) is 0 Å². The van der Waals surface area contributed by atoms with Crippen molar-refractivity contribution in [2.75, 3.05) is 44.7 Å². The number of ether oxygens (including phenoxy) is 1. The van der Waals surface area contributed by atoms with Crippen LogP contribution in [0.3, 0.4) is 0 Å². The highest BCUT2D eigenvalue weighted by atomic mass is 16.5. The maximum Gasteiger partial charge on any atom is 0.221 e. The number of methoxy groups -OCH3 is 1. The molecule has 0 radical (unpaired) electrons. The first-order valence-corrected chi connectivity index (χ1v) is 13.2. The summed E-state index contributed by atoms with van der Waals surface area (Å²) >= 11 is 0. The standard InChI is InChI=1S/C32H35N3O3/c1-37-28-16-14-27(15-17-28)34-18-20-35(21-19-34)30(31-13-8-22-38-31)24-33-32(36)23-29(25-9-4-2-5-10-25)26-11-6-3-7-12-26/h2-17,22,29-30H,18-21,23-24H2,1H3,(H,33,36). The van der Waals surface area contributed by atoms with Crippen LogP contribution in [-0.2, 0) is 4.79 Å². The molecule has 0 spiro atoms. The molecule has 196 valence electrons. The third kappa shape index (κ3) is 6.26. The van der Waals surface area contributed by atoms with E-state index < -0.39 is 0 Å². The van der Waals surface area contributed by atoms with Gasteiger partial charge in [-0.2, -0.15) is 0 Å². The summed E-state index contributed by atoms with van der Waals surface area (Å²) in [7, 11) is 1.69. The van der Waals surface area contributed by atoms with Crippen LogP contribution in [0.4, 0.5) is 5.69 Å². The maximum absolute atomic E-state index is 13.3. The Kier molecular flexibility index (Phi) is 8.41. The minimum Gasteiger partial charge on any atom is -0.497 e. The van der Waals surface area contributed by atoms with E-state index in [0.29, 0.717) is 13.0 Å². The van der Waals surface area contributed by atoms with Crippen molar-refractivity contribution in [1.29, 1.82) is 0 Å². The van der Waals surface area contributed by atoms with Gasteiger partial charge in [-0.3, -0.25) is 9.69 Å². The number of hydrogen-bond acceptors (Lipinski definition) is 5. The average molecular weight is 510 g/mol. The van der Waals surface area contributed by atoms with Crippen LogP contribution in [0.1, 0.15) is 35.3 Å². The molecule has 1 amide bonds. The number of benzene rings is 3. The SMILES string of the molecule is COc1ccc(N2CCN(C(CNC(=O)CC(c3ccccc3)c3ccccc3)c3ccco3)CC2)cc1. The molecular weight excluding hydrogens is 474 g/mol. The molecule has 6 nitrogen and oxygen atoms in total. The fraction of sp³-hybridized carbons (Fsp3) is 0.281. The van der Waals surface area contributed by atoms with Crippen molar-refractivity contribution >= 4 is 11.6 Å². The Morgan fingerprint density at radius 1 is 0.842 bits per heavy atom. The van der Waals surface area contributed by atoms with Crippen molar-refractivity contribution in [2.24, 2.45) is 0 Å². The van der Waals surface area contributed by atoms with Gasteiger partial charge in [-0.05, 0) is 47.5 Å². The summed E-state index contributed by atoms with van der Waals surface area (Å²) < 4.78 is 11.1. The van der Waals surface area contributed by atoms with Gasteiger partial charge in [-0.25, -0.2) is 0 Å². The number of amides is 1. The molecule has 6 heteroatoms. The minimum atomic E-state index is -0.0149. The smallest absolute Gasteiger partial charge is 0.221 e. The number of nitrogens with one attached hydrogen (secondary N) is 1. The molecule has 1 atom stereocenters. The lowest BCUT2D eigenvalue weighted by Crippen LogP contribution is -2.49. The van der Waals surface area contributed by atoms with Crippen LogP contribution in [0.5, 0.6) is 5.75 Å². The van der Waals surface area contributed by atoms with Gasteiger partial charge in [0.05, 0.1) is 19.4 Å². The van der Waals surface area contributed by atoms with Crippen molar-refractivity contribution in [1.82, 2.24) is 10.2 Å². The van der Waals surface area contributed by atoms with E-state index in [1.807, 2.05) is 60.7 Å². The van der Waals surface area contributed by atoms with E-state index >= 15 is 0 Å². The van der Waals surface area contributed by atoms with Crippen LogP contribution in [0, 0.1) is 0 Å². The van der Waals surface area contributed by atoms with Crippen LogP contribution >= 0.6 is 0 Å². The van der Waals surface area contributed by atoms with E-state index in [2.05, 4.69) is 51.5 Å². The molecule has 1 aromatic heterocycles. The van der Waals surface area contributed by atoms with E-state index in [4.69, 9.17) is 9.15 Å².